The number of rotatable bonds is 4. The van der Waals surface area contributed by atoms with Crippen molar-refractivity contribution in [2.24, 2.45) is 5.73 Å². The molecule has 0 fully saturated rings. The van der Waals surface area contributed by atoms with Gasteiger partial charge in [0.1, 0.15) is 4.99 Å². The highest BCUT2D eigenvalue weighted by atomic mass is 32.1. The first-order valence-corrected chi connectivity index (χ1v) is 6.02. The van der Waals surface area contributed by atoms with E-state index in [0.29, 0.717) is 10.7 Å². The van der Waals surface area contributed by atoms with Crippen LogP contribution >= 0.6 is 12.2 Å². The lowest BCUT2D eigenvalue weighted by molar-refractivity contribution is 0.387. The second-order valence-electron chi connectivity index (χ2n) is 3.88. The highest BCUT2D eigenvalue weighted by molar-refractivity contribution is 7.80. The number of hydrogen-bond donors (Lipinski definition) is 2. The summed E-state index contributed by atoms with van der Waals surface area (Å²) in [6, 6.07) is 11.9. The van der Waals surface area contributed by atoms with Gasteiger partial charge in [-0.15, -0.1) is 0 Å². The van der Waals surface area contributed by atoms with Gasteiger partial charge in [0.05, 0.1) is 7.11 Å². The minimum atomic E-state index is -0.407. The molecule has 0 radical (unpaired) electrons. The largest absolute Gasteiger partial charge is 0.494 e. The topological polar surface area (TPSA) is 47.3 Å². The Morgan fingerprint density at radius 2 is 2.00 bits per heavy atom. The average molecular weight is 276 g/mol. The fourth-order valence-electron chi connectivity index (χ4n) is 1.70. The molecule has 2 rings (SSSR count). The quantitative estimate of drug-likeness (QED) is 0.842. The molecule has 0 aliphatic rings. The number of thiocarbonyl (C=S) groups is 1. The Labute approximate surface area is 116 Å². The van der Waals surface area contributed by atoms with E-state index in [-0.39, 0.29) is 5.75 Å². The first kappa shape index (κ1) is 13.3. The van der Waals surface area contributed by atoms with Crippen molar-refractivity contribution in [2.45, 2.75) is 0 Å². The molecule has 98 valence electrons. The highest BCUT2D eigenvalue weighted by Gasteiger charge is 2.07. The zero-order chi connectivity index (χ0) is 13.8. The first-order valence-electron chi connectivity index (χ1n) is 5.61. The molecule has 0 bridgehead atoms. The molecule has 0 heterocycles. The van der Waals surface area contributed by atoms with E-state index >= 15 is 0 Å². The number of benzene rings is 2. The Morgan fingerprint density at radius 3 is 2.68 bits per heavy atom. The van der Waals surface area contributed by atoms with E-state index in [0.717, 1.165) is 11.3 Å². The molecule has 19 heavy (non-hydrogen) atoms. The maximum absolute atomic E-state index is 13.3. The molecule has 0 saturated carbocycles. The van der Waals surface area contributed by atoms with E-state index in [4.69, 9.17) is 22.7 Å². The van der Waals surface area contributed by atoms with Gasteiger partial charge in [-0.1, -0.05) is 24.4 Å². The van der Waals surface area contributed by atoms with Crippen molar-refractivity contribution in [1.82, 2.24) is 0 Å². The average Bonchev–Trinajstić information content (AvgIpc) is 2.41. The predicted octanol–water partition coefficient (Wildman–Crippen LogP) is 3.21. The summed E-state index contributed by atoms with van der Waals surface area (Å²) in [5.74, 6) is -0.228. The van der Waals surface area contributed by atoms with Gasteiger partial charge in [-0.3, -0.25) is 0 Å². The lowest BCUT2D eigenvalue weighted by Crippen LogP contribution is -2.11. The minimum absolute atomic E-state index is 0.179. The molecule has 3 nitrogen and oxygen atoms in total. The van der Waals surface area contributed by atoms with E-state index in [2.05, 4.69) is 5.32 Å². The predicted molar refractivity (Wildman–Crippen MR) is 78.6 cm³/mol. The SMILES string of the molecule is COc1cc(Nc2ccccc2C(N)=S)ccc1F. The van der Waals surface area contributed by atoms with Gasteiger partial charge in [0.25, 0.3) is 0 Å². The summed E-state index contributed by atoms with van der Waals surface area (Å²) in [5, 5.41) is 3.14. The summed E-state index contributed by atoms with van der Waals surface area (Å²) in [7, 11) is 1.42. The number of nitrogens with two attached hydrogens (primary N) is 1. The number of anilines is 2. The fourth-order valence-corrected chi connectivity index (χ4v) is 1.88. The standard InChI is InChI=1S/C14H13FN2OS/c1-18-13-8-9(6-7-11(13)15)17-12-5-3-2-4-10(12)14(16)19/h2-8,17H,1H3,(H2,16,19). The number of nitrogens with one attached hydrogen (secondary N) is 1. The van der Waals surface area contributed by atoms with Crippen LogP contribution in [0.3, 0.4) is 0 Å². The molecule has 2 aromatic carbocycles. The molecule has 0 aromatic heterocycles. The van der Waals surface area contributed by atoms with Crippen molar-refractivity contribution in [2.75, 3.05) is 12.4 Å². The summed E-state index contributed by atoms with van der Waals surface area (Å²) >= 11 is 4.99. The molecule has 0 aliphatic heterocycles. The molecule has 0 aliphatic carbocycles. The van der Waals surface area contributed by atoms with Crippen molar-refractivity contribution in [1.29, 1.82) is 0 Å². The minimum Gasteiger partial charge on any atom is -0.494 e. The molecule has 0 spiro atoms. The third-order valence-corrected chi connectivity index (χ3v) is 2.84. The molecule has 2 aromatic rings. The van der Waals surface area contributed by atoms with Gasteiger partial charge in [0.2, 0.25) is 0 Å². The van der Waals surface area contributed by atoms with Crippen LogP contribution in [0.25, 0.3) is 0 Å². The van der Waals surface area contributed by atoms with Crippen LogP contribution in [0, 0.1) is 5.82 Å². The molecular formula is C14H13FN2OS. The van der Waals surface area contributed by atoms with Gasteiger partial charge in [-0.05, 0) is 24.3 Å². The maximum Gasteiger partial charge on any atom is 0.165 e. The number of hydrogen-bond acceptors (Lipinski definition) is 3. The van der Waals surface area contributed by atoms with E-state index < -0.39 is 5.82 Å². The van der Waals surface area contributed by atoms with Gasteiger partial charge < -0.3 is 15.8 Å². The smallest absolute Gasteiger partial charge is 0.165 e. The van der Waals surface area contributed by atoms with Crippen molar-refractivity contribution >= 4 is 28.6 Å². The van der Waals surface area contributed by atoms with Gasteiger partial charge in [-0.2, -0.15) is 0 Å². The van der Waals surface area contributed by atoms with Crippen LogP contribution < -0.4 is 15.8 Å². The van der Waals surface area contributed by atoms with Crippen molar-refractivity contribution < 1.29 is 9.13 Å². The summed E-state index contributed by atoms with van der Waals surface area (Å²) in [4.78, 5) is 0.303. The first-order chi connectivity index (χ1) is 9.11. The molecule has 3 N–H and O–H groups in total. The van der Waals surface area contributed by atoms with E-state index in [1.54, 1.807) is 12.1 Å². The Kier molecular flexibility index (Phi) is 3.97. The Morgan fingerprint density at radius 1 is 1.26 bits per heavy atom. The monoisotopic (exact) mass is 276 g/mol. The number of methoxy groups -OCH3 is 1. The molecule has 0 atom stereocenters. The maximum atomic E-state index is 13.3. The third-order valence-electron chi connectivity index (χ3n) is 2.62. The molecule has 5 heteroatoms. The zero-order valence-electron chi connectivity index (χ0n) is 10.3. The van der Waals surface area contributed by atoms with Gasteiger partial charge in [0, 0.05) is 23.0 Å². The van der Waals surface area contributed by atoms with Crippen LogP contribution in [0.1, 0.15) is 5.56 Å². The van der Waals surface area contributed by atoms with Crippen LogP contribution in [-0.4, -0.2) is 12.1 Å². The second kappa shape index (κ2) is 5.67. The number of halogens is 1. The number of para-hydroxylation sites is 1. The van der Waals surface area contributed by atoms with Crippen LogP contribution in [0.2, 0.25) is 0 Å². The summed E-state index contributed by atoms with van der Waals surface area (Å²) in [6.07, 6.45) is 0. The lowest BCUT2D eigenvalue weighted by atomic mass is 10.1. The molecular weight excluding hydrogens is 263 g/mol. The molecule has 0 amide bonds. The molecule has 0 saturated heterocycles. The lowest BCUT2D eigenvalue weighted by Gasteiger charge is -2.12. The Balaban J connectivity index is 2.34. The fraction of sp³-hybridized carbons (Fsp3) is 0.0714. The van der Waals surface area contributed by atoms with E-state index in [9.17, 15) is 4.39 Å². The van der Waals surface area contributed by atoms with E-state index in [1.165, 1.54) is 13.2 Å². The normalized spacial score (nSPS) is 10.0. The summed E-state index contributed by atoms with van der Waals surface area (Å²) in [5.41, 5.74) is 7.86. The third kappa shape index (κ3) is 3.00. The van der Waals surface area contributed by atoms with Crippen molar-refractivity contribution in [3.8, 4) is 5.75 Å². The zero-order valence-corrected chi connectivity index (χ0v) is 11.1. The summed E-state index contributed by atoms with van der Waals surface area (Å²) in [6.45, 7) is 0. The van der Waals surface area contributed by atoms with Crippen LogP contribution in [0.5, 0.6) is 5.75 Å². The van der Waals surface area contributed by atoms with Crippen LogP contribution in [0.4, 0.5) is 15.8 Å². The van der Waals surface area contributed by atoms with E-state index in [1.807, 2.05) is 24.3 Å². The number of ether oxygens (including phenoxy) is 1. The van der Waals surface area contributed by atoms with Crippen LogP contribution in [-0.2, 0) is 0 Å². The van der Waals surface area contributed by atoms with Gasteiger partial charge in [-0.25, -0.2) is 4.39 Å². The van der Waals surface area contributed by atoms with Gasteiger partial charge >= 0.3 is 0 Å². The Hall–Kier alpha value is -2.14. The Bertz CT molecular complexity index is 616. The molecule has 0 unspecified atom stereocenters. The van der Waals surface area contributed by atoms with Crippen LogP contribution in [0.15, 0.2) is 42.5 Å². The highest BCUT2D eigenvalue weighted by Crippen LogP contribution is 2.26. The second-order valence-corrected chi connectivity index (χ2v) is 4.32. The van der Waals surface area contributed by atoms with Gasteiger partial charge in [0.15, 0.2) is 11.6 Å². The summed E-state index contributed by atoms with van der Waals surface area (Å²) < 4.78 is 18.3. The van der Waals surface area contributed by atoms with Crippen molar-refractivity contribution in [3.63, 3.8) is 0 Å². The van der Waals surface area contributed by atoms with Crippen molar-refractivity contribution in [3.05, 3.63) is 53.8 Å².